The molecular formula is C18H21FN2O2S. The van der Waals surface area contributed by atoms with Crippen LogP contribution in [0.4, 0.5) is 4.39 Å². The third-order valence-corrected chi connectivity index (χ3v) is 4.66. The van der Waals surface area contributed by atoms with Gasteiger partial charge in [-0.25, -0.2) is 17.5 Å². The predicted octanol–water partition coefficient (Wildman–Crippen LogP) is 3.02. The van der Waals surface area contributed by atoms with E-state index >= 15 is 0 Å². The summed E-state index contributed by atoms with van der Waals surface area (Å²) in [7, 11) is 0.143. The summed E-state index contributed by atoms with van der Waals surface area (Å²) < 4.78 is 39.9. The van der Waals surface area contributed by atoms with Crippen LogP contribution in [0.2, 0.25) is 0 Å². The van der Waals surface area contributed by atoms with Gasteiger partial charge in [-0.15, -0.1) is 0 Å². The van der Waals surface area contributed by atoms with Crippen molar-refractivity contribution in [2.24, 2.45) is 0 Å². The van der Waals surface area contributed by atoms with Crippen LogP contribution in [0.3, 0.4) is 0 Å². The average Bonchev–Trinajstić information content (AvgIpc) is 2.55. The van der Waals surface area contributed by atoms with Crippen LogP contribution in [0.1, 0.15) is 17.2 Å². The second-order valence-electron chi connectivity index (χ2n) is 5.64. The van der Waals surface area contributed by atoms with Gasteiger partial charge in [-0.3, -0.25) is 0 Å². The molecule has 0 saturated carbocycles. The summed E-state index contributed by atoms with van der Waals surface area (Å²) in [6.07, 6.45) is 1.55. The van der Waals surface area contributed by atoms with E-state index in [4.69, 9.17) is 0 Å². The molecule has 0 fully saturated rings. The van der Waals surface area contributed by atoms with Crippen LogP contribution in [0.15, 0.2) is 60.0 Å². The largest absolute Gasteiger partial charge is 0.301 e. The quantitative estimate of drug-likeness (QED) is 0.837. The van der Waals surface area contributed by atoms with E-state index in [1.165, 1.54) is 12.1 Å². The van der Waals surface area contributed by atoms with E-state index in [0.717, 1.165) is 16.5 Å². The fourth-order valence-electron chi connectivity index (χ4n) is 2.26. The Balaban J connectivity index is 2.05. The maximum absolute atomic E-state index is 13.1. The zero-order valence-corrected chi connectivity index (χ0v) is 14.5. The van der Waals surface area contributed by atoms with Gasteiger partial charge in [0.2, 0.25) is 10.0 Å². The first-order valence-electron chi connectivity index (χ1n) is 7.52. The molecule has 2 aromatic carbocycles. The van der Waals surface area contributed by atoms with Crippen LogP contribution in [-0.2, 0) is 10.0 Å². The van der Waals surface area contributed by atoms with Crippen molar-refractivity contribution in [1.82, 2.24) is 9.62 Å². The topological polar surface area (TPSA) is 49.4 Å². The third kappa shape index (κ3) is 5.56. The number of likely N-dealkylation sites (N-methyl/N-ethyl adjacent to an activating group) is 1. The fraction of sp³-hybridized carbons (Fsp3) is 0.222. The molecule has 128 valence electrons. The SMILES string of the molecule is CN(C)[C@H](CNS(=O)(=O)/C=C\c1ccccc1)c1ccc(F)cc1. The Morgan fingerprint density at radius 1 is 1.08 bits per heavy atom. The van der Waals surface area contributed by atoms with E-state index in [2.05, 4.69) is 4.72 Å². The molecule has 1 atom stereocenters. The van der Waals surface area contributed by atoms with Crippen molar-refractivity contribution in [2.45, 2.75) is 6.04 Å². The molecule has 0 amide bonds. The Labute approximate surface area is 142 Å². The lowest BCUT2D eigenvalue weighted by Gasteiger charge is -2.24. The molecule has 0 bridgehead atoms. The number of hydrogen-bond donors (Lipinski definition) is 1. The number of sulfonamides is 1. The molecule has 0 saturated heterocycles. The van der Waals surface area contributed by atoms with Gasteiger partial charge in [0.1, 0.15) is 5.82 Å². The van der Waals surface area contributed by atoms with Crippen molar-refractivity contribution >= 4 is 16.1 Å². The number of nitrogens with one attached hydrogen (secondary N) is 1. The maximum Gasteiger partial charge on any atom is 0.233 e. The Morgan fingerprint density at radius 2 is 1.71 bits per heavy atom. The van der Waals surface area contributed by atoms with Crippen molar-refractivity contribution < 1.29 is 12.8 Å². The first kappa shape index (κ1) is 18.3. The maximum atomic E-state index is 13.1. The summed E-state index contributed by atoms with van der Waals surface area (Å²) in [6, 6.07) is 15.1. The molecular weight excluding hydrogens is 327 g/mol. The Morgan fingerprint density at radius 3 is 2.29 bits per heavy atom. The third-order valence-electron chi connectivity index (χ3n) is 3.60. The minimum absolute atomic E-state index is 0.189. The van der Waals surface area contributed by atoms with Gasteiger partial charge < -0.3 is 4.90 Å². The summed E-state index contributed by atoms with van der Waals surface area (Å²) in [5.74, 6) is -0.317. The first-order chi connectivity index (χ1) is 11.4. The molecule has 2 rings (SSSR count). The number of nitrogens with zero attached hydrogens (tertiary/aromatic N) is 1. The molecule has 24 heavy (non-hydrogen) atoms. The van der Waals surface area contributed by atoms with Crippen LogP contribution in [0.25, 0.3) is 6.08 Å². The first-order valence-corrected chi connectivity index (χ1v) is 9.07. The van der Waals surface area contributed by atoms with E-state index < -0.39 is 10.0 Å². The van der Waals surface area contributed by atoms with Gasteiger partial charge in [0.05, 0.1) is 0 Å². The lowest BCUT2D eigenvalue weighted by molar-refractivity contribution is 0.299. The van der Waals surface area contributed by atoms with Gasteiger partial charge in [0.25, 0.3) is 0 Å². The Bertz CT molecular complexity index is 772. The minimum Gasteiger partial charge on any atom is -0.301 e. The number of benzene rings is 2. The molecule has 1 N–H and O–H groups in total. The van der Waals surface area contributed by atoms with Gasteiger partial charge in [0.15, 0.2) is 0 Å². The van der Waals surface area contributed by atoms with E-state index in [9.17, 15) is 12.8 Å². The molecule has 6 heteroatoms. The summed E-state index contributed by atoms with van der Waals surface area (Å²) in [5, 5.41) is 1.15. The zero-order valence-electron chi connectivity index (χ0n) is 13.7. The highest BCUT2D eigenvalue weighted by atomic mass is 32.2. The second-order valence-corrected chi connectivity index (χ2v) is 7.29. The van der Waals surface area contributed by atoms with E-state index in [1.54, 1.807) is 18.2 Å². The molecule has 0 aliphatic heterocycles. The van der Waals surface area contributed by atoms with E-state index in [-0.39, 0.29) is 18.4 Å². The molecule has 0 aromatic heterocycles. The van der Waals surface area contributed by atoms with Gasteiger partial charge >= 0.3 is 0 Å². The summed E-state index contributed by atoms with van der Waals surface area (Å²) in [5.41, 5.74) is 1.65. The Kier molecular flexibility index (Phi) is 6.25. The monoisotopic (exact) mass is 348 g/mol. The molecule has 0 aliphatic carbocycles. The van der Waals surface area contributed by atoms with Crippen LogP contribution < -0.4 is 4.72 Å². The Hall–Kier alpha value is -2.02. The molecule has 2 aromatic rings. The summed E-state index contributed by atoms with van der Waals surface area (Å²) in [4.78, 5) is 1.89. The highest BCUT2D eigenvalue weighted by Crippen LogP contribution is 2.18. The van der Waals surface area contributed by atoms with Gasteiger partial charge in [0, 0.05) is 18.0 Å². The lowest BCUT2D eigenvalue weighted by Crippen LogP contribution is -2.33. The van der Waals surface area contributed by atoms with Crippen LogP contribution in [-0.4, -0.2) is 34.0 Å². The number of halogens is 1. The van der Waals surface area contributed by atoms with E-state index in [0.29, 0.717) is 0 Å². The highest BCUT2D eigenvalue weighted by Gasteiger charge is 2.16. The number of hydrogen-bond acceptors (Lipinski definition) is 3. The molecule has 0 spiro atoms. The van der Waals surface area contributed by atoms with Gasteiger partial charge in [-0.05, 0) is 43.4 Å². The van der Waals surface area contributed by atoms with Crippen LogP contribution >= 0.6 is 0 Å². The zero-order chi connectivity index (χ0) is 17.6. The fourth-order valence-corrected chi connectivity index (χ4v) is 3.08. The van der Waals surface area contributed by atoms with Gasteiger partial charge in [-0.2, -0.15) is 0 Å². The van der Waals surface area contributed by atoms with Crippen LogP contribution in [0, 0.1) is 5.82 Å². The summed E-state index contributed by atoms with van der Waals surface area (Å²) in [6.45, 7) is 0.195. The van der Waals surface area contributed by atoms with Crippen molar-refractivity contribution in [1.29, 1.82) is 0 Å². The van der Waals surface area contributed by atoms with Crippen molar-refractivity contribution in [3.63, 3.8) is 0 Å². The van der Waals surface area contributed by atoms with Crippen LogP contribution in [0.5, 0.6) is 0 Å². The molecule has 0 radical (unpaired) electrons. The summed E-state index contributed by atoms with van der Waals surface area (Å²) >= 11 is 0. The molecule has 4 nitrogen and oxygen atoms in total. The molecule has 0 heterocycles. The molecule has 0 unspecified atom stereocenters. The van der Waals surface area contributed by atoms with Crippen molar-refractivity contribution in [3.05, 3.63) is 76.9 Å². The number of rotatable bonds is 7. The normalized spacial score (nSPS) is 13.5. The highest BCUT2D eigenvalue weighted by molar-refractivity contribution is 7.92. The van der Waals surface area contributed by atoms with Crippen molar-refractivity contribution in [3.8, 4) is 0 Å². The smallest absolute Gasteiger partial charge is 0.233 e. The van der Waals surface area contributed by atoms with E-state index in [1.807, 2.05) is 49.3 Å². The predicted molar refractivity (Wildman–Crippen MR) is 95.2 cm³/mol. The lowest BCUT2D eigenvalue weighted by atomic mass is 10.1. The van der Waals surface area contributed by atoms with Crippen molar-refractivity contribution in [2.75, 3.05) is 20.6 Å². The minimum atomic E-state index is -3.56. The standard InChI is InChI=1S/C18H21FN2O2S/c1-21(2)18(16-8-10-17(19)11-9-16)14-20-24(22,23)13-12-15-6-4-3-5-7-15/h3-13,18,20H,14H2,1-2H3/b13-12-/t18-/m1/s1. The second kappa shape index (κ2) is 8.19. The molecule has 0 aliphatic rings. The van der Waals surface area contributed by atoms with Gasteiger partial charge in [-0.1, -0.05) is 42.5 Å². The average molecular weight is 348 g/mol.